The molecule has 3 aromatic rings. The second-order valence-electron chi connectivity index (χ2n) is 5.61. The number of rotatable bonds is 5. The average Bonchev–Trinajstić information content (AvgIpc) is 2.57. The minimum atomic E-state index is 0.0198. The number of anilines is 4. The first-order valence-electron chi connectivity index (χ1n) is 7.76. The van der Waals surface area contributed by atoms with E-state index in [9.17, 15) is 4.79 Å². The Hall–Kier alpha value is -2.73. The number of nitrogens with one attached hydrogen (secondary N) is 2. The molecule has 0 saturated carbocycles. The molecule has 0 bridgehead atoms. The lowest BCUT2D eigenvalue weighted by atomic mass is 10.1. The molecule has 2 aromatic carbocycles. The molecule has 0 radical (unpaired) electrons. The zero-order valence-electron chi connectivity index (χ0n) is 13.9. The third-order valence-corrected chi connectivity index (χ3v) is 4.02. The Morgan fingerprint density at radius 2 is 1.72 bits per heavy atom. The Morgan fingerprint density at radius 1 is 0.960 bits per heavy atom. The maximum absolute atomic E-state index is 11.5. The van der Waals surface area contributed by atoms with Gasteiger partial charge in [0, 0.05) is 33.2 Å². The highest BCUT2D eigenvalue weighted by Gasteiger charge is 2.05. The number of hydrogen-bond donors (Lipinski definition) is 2. The van der Waals surface area contributed by atoms with Gasteiger partial charge in [-0.15, -0.1) is 0 Å². The van der Waals surface area contributed by atoms with Crippen molar-refractivity contribution in [3.8, 4) is 0 Å². The quantitative estimate of drug-likeness (QED) is 0.577. The van der Waals surface area contributed by atoms with Gasteiger partial charge in [0.05, 0.1) is 0 Å². The molecule has 5 nitrogen and oxygen atoms in total. The summed E-state index contributed by atoms with van der Waals surface area (Å²) in [5.74, 6) is 1.19. The molecule has 25 heavy (non-hydrogen) atoms. The van der Waals surface area contributed by atoms with E-state index in [0.717, 1.165) is 21.5 Å². The van der Waals surface area contributed by atoms with Crippen LogP contribution in [0.3, 0.4) is 0 Å². The van der Waals surface area contributed by atoms with Crippen LogP contribution in [-0.4, -0.2) is 15.8 Å². The van der Waals surface area contributed by atoms with E-state index in [1.807, 2.05) is 49.4 Å². The number of hydrogen-bond acceptors (Lipinski definition) is 5. The summed E-state index contributed by atoms with van der Waals surface area (Å²) >= 11 is 3.42. The molecular formula is C19H17BrN4O. The van der Waals surface area contributed by atoms with E-state index in [2.05, 4.69) is 36.5 Å². The van der Waals surface area contributed by atoms with E-state index in [4.69, 9.17) is 0 Å². The van der Waals surface area contributed by atoms with E-state index in [0.29, 0.717) is 17.3 Å². The number of carbonyl (C=O) groups excluding carboxylic acids is 1. The summed E-state index contributed by atoms with van der Waals surface area (Å²) in [6.07, 6.45) is 0. The van der Waals surface area contributed by atoms with Crippen LogP contribution in [0.15, 0.2) is 59.1 Å². The van der Waals surface area contributed by atoms with Crippen molar-refractivity contribution in [2.24, 2.45) is 0 Å². The highest BCUT2D eigenvalue weighted by molar-refractivity contribution is 9.10. The topological polar surface area (TPSA) is 66.9 Å². The van der Waals surface area contributed by atoms with Crippen molar-refractivity contribution in [2.45, 2.75) is 13.8 Å². The lowest BCUT2D eigenvalue weighted by Crippen LogP contribution is -2.03. The zero-order valence-corrected chi connectivity index (χ0v) is 15.5. The van der Waals surface area contributed by atoms with Crippen LogP contribution in [0.25, 0.3) is 0 Å². The van der Waals surface area contributed by atoms with Gasteiger partial charge in [-0.3, -0.25) is 4.79 Å². The number of nitrogens with zero attached hydrogens (tertiary/aromatic N) is 2. The van der Waals surface area contributed by atoms with Crippen LogP contribution in [0.2, 0.25) is 0 Å². The van der Waals surface area contributed by atoms with E-state index < -0.39 is 0 Å². The lowest BCUT2D eigenvalue weighted by molar-refractivity contribution is 0.101. The SMILES string of the molecule is CC(=O)c1cccc(Nc2nc(C)cc(Nc3ccc(Br)cc3)n2)c1. The molecule has 2 N–H and O–H groups in total. The number of carbonyl (C=O) groups is 1. The standard InChI is InChI=1S/C19H17BrN4O/c1-12-10-18(22-16-8-6-15(20)7-9-16)24-19(21-12)23-17-5-3-4-14(11-17)13(2)25/h3-11H,1-2H3,(H2,21,22,23,24). The van der Waals surface area contributed by atoms with Crippen molar-refractivity contribution < 1.29 is 4.79 Å². The Labute approximate surface area is 154 Å². The Morgan fingerprint density at radius 3 is 2.44 bits per heavy atom. The van der Waals surface area contributed by atoms with Gasteiger partial charge in [-0.25, -0.2) is 4.98 Å². The largest absolute Gasteiger partial charge is 0.340 e. The van der Waals surface area contributed by atoms with Crippen molar-refractivity contribution in [1.82, 2.24) is 9.97 Å². The van der Waals surface area contributed by atoms with Crippen LogP contribution >= 0.6 is 15.9 Å². The second kappa shape index (κ2) is 7.44. The maximum Gasteiger partial charge on any atom is 0.229 e. The maximum atomic E-state index is 11.5. The number of halogens is 1. The Kier molecular flexibility index (Phi) is 5.09. The monoisotopic (exact) mass is 396 g/mol. The minimum absolute atomic E-state index is 0.0198. The molecular weight excluding hydrogens is 380 g/mol. The first-order chi connectivity index (χ1) is 12.0. The summed E-state index contributed by atoms with van der Waals surface area (Å²) in [6.45, 7) is 3.45. The number of benzene rings is 2. The van der Waals surface area contributed by atoms with Crippen LogP contribution < -0.4 is 10.6 Å². The van der Waals surface area contributed by atoms with Gasteiger partial charge >= 0.3 is 0 Å². The number of Topliss-reactive ketones (excluding diaryl/α,β-unsaturated/α-hetero) is 1. The zero-order chi connectivity index (χ0) is 17.8. The van der Waals surface area contributed by atoms with Crippen molar-refractivity contribution in [3.05, 3.63) is 70.3 Å². The lowest BCUT2D eigenvalue weighted by Gasteiger charge is -2.10. The van der Waals surface area contributed by atoms with Gasteiger partial charge in [0.2, 0.25) is 5.95 Å². The van der Waals surface area contributed by atoms with Gasteiger partial charge in [0.1, 0.15) is 5.82 Å². The smallest absolute Gasteiger partial charge is 0.229 e. The molecule has 0 saturated heterocycles. The van der Waals surface area contributed by atoms with Crippen molar-refractivity contribution >= 4 is 44.9 Å². The highest BCUT2D eigenvalue weighted by atomic mass is 79.9. The fourth-order valence-corrected chi connectivity index (χ4v) is 2.58. The molecule has 6 heteroatoms. The minimum Gasteiger partial charge on any atom is -0.340 e. The molecule has 0 aliphatic carbocycles. The van der Waals surface area contributed by atoms with Gasteiger partial charge in [-0.1, -0.05) is 28.1 Å². The fourth-order valence-electron chi connectivity index (χ4n) is 2.31. The number of aryl methyl sites for hydroxylation is 1. The van der Waals surface area contributed by atoms with Gasteiger partial charge < -0.3 is 10.6 Å². The summed E-state index contributed by atoms with van der Waals surface area (Å²) in [6, 6.07) is 17.0. The van der Waals surface area contributed by atoms with Crippen LogP contribution in [0, 0.1) is 6.92 Å². The average molecular weight is 397 g/mol. The van der Waals surface area contributed by atoms with Crippen molar-refractivity contribution in [2.75, 3.05) is 10.6 Å². The van der Waals surface area contributed by atoms with E-state index >= 15 is 0 Å². The first kappa shape index (κ1) is 17.1. The molecule has 0 unspecified atom stereocenters. The molecule has 0 amide bonds. The van der Waals surface area contributed by atoms with Crippen molar-refractivity contribution in [1.29, 1.82) is 0 Å². The van der Waals surface area contributed by atoms with Crippen molar-refractivity contribution in [3.63, 3.8) is 0 Å². The molecule has 0 spiro atoms. The molecule has 0 aliphatic heterocycles. The molecule has 0 fully saturated rings. The Bertz CT molecular complexity index is 910. The summed E-state index contributed by atoms with van der Waals surface area (Å²) in [5.41, 5.74) is 3.18. The normalized spacial score (nSPS) is 10.4. The van der Waals surface area contributed by atoms with Crippen LogP contribution in [0.1, 0.15) is 23.0 Å². The highest BCUT2D eigenvalue weighted by Crippen LogP contribution is 2.21. The summed E-state index contributed by atoms with van der Waals surface area (Å²) in [4.78, 5) is 20.4. The number of ketones is 1. The molecule has 1 aromatic heterocycles. The summed E-state index contributed by atoms with van der Waals surface area (Å²) in [5, 5.41) is 6.42. The third kappa shape index (κ3) is 4.64. The number of aromatic nitrogens is 2. The molecule has 126 valence electrons. The Balaban J connectivity index is 1.83. The van der Waals surface area contributed by atoms with Crippen LogP contribution in [0.4, 0.5) is 23.1 Å². The van der Waals surface area contributed by atoms with Gasteiger partial charge in [-0.05, 0) is 50.2 Å². The molecule has 0 atom stereocenters. The van der Waals surface area contributed by atoms with E-state index in [1.165, 1.54) is 0 Å². The first-order valence-corrected chi connectivity index (χ1v) is 8.55. The molecule has 3 rings (SSSR count). The fraction of sp³-hybridized carbons (Fsp3) is 0.105. The second-order valence-corrected chi connectivity index (χ2v) is 6.53. The van der Waals surface area contributed by atoms with E-state index in [1.54, 1.807) is 19.1 Å². The third-order valence-electron chi connectivity index (χ3n) is 3.50. The molecule has 0 aliphatic rings. The molecule has 1 heterocycles. The van der Waals surface area contributed by atoms with Gasteiger partial charge in [0.15, 0.2) is 5.78 Å². The predicted molar refractivity (Wildman–Crippen MR) is 104 cm³/mol. The predicted octanol–water partition coefficient (Wildman–Crippen LogP) is 5.24. The van der Waals surface area contributed by atoms with Crippen LogP contribution in [0.5, 0.6) is 0 Å². The summed E-state index contributed by atoms with van der Waals surface area (Å²) in [7, 11) is 0. The van der Waals surface area contributed by atoms with Crippen LogP contribution in [-0.2, 0) is 0 Å². The van der Waals surface area contributed by atoms with Gasteiger partial charge in [0.25, 0.3) is 0 Å². The van der Waals surface area contributed by atoms with Gasteiger partial charge in [-0.2, -0.15) is 4.98 Å². The summed E-state index contributed by atoms with van der Waals surface area (Å²) < 4.78 is 1.02. The van der Waals surface area contributed by atoms with E-state index in [-0.39, 0.29) is 5.78 Å².